The number of methoxy groups -OCH3 is 1. The van der Waals surface area contributed by atoms with E-state index < -0.39 is 0 Å². The lowest BCUT2D eigenvalue weighted by atomic mass is 10.3. The molecule has 0 aromatic rings. The van der Waals surface area contributed by atoms with Crippen LogP contribution in [0.3, 0.4) is 0 Å². The van der Waals surface area contributed by atoms with Crippen molar-refractivity contribution in [2.45, 2.75) is 19.4 Å². The van der Waals surface area contributed by atoms with Crippen LogP contribution in [0.4, 0.5) is 0 Å². The van der Waals surface area contributed by atoms with Crippen molar-refractivity contribution in [2.75, 3.05) is 57.9 Å². The molecule has 0 aliphatic carbocycles. The third-order valence-electron chi connectivity index (χ3n) is 3.20. The predicted octanol–water partition coefficient (Wildman–Crippen LogP) is 0.166. The van der Waals surface area contributed by atoms with Gasteiger partial charge >= 0.3 is 0 Å². The van der Waals surface area contributed by atoms with E-state index in [1.165, 1.54) is 24.6 Å². The molecule has 1 saturated heterocycles. The Labute approximate surface area is 120 Å². The van der Waals surface area contributed by atoms with Gasteiger partial charge in [-0.1, -0.05) is 0 Å². The summed E-state index contributed by atoms with van der Waals surface area (Å²) in [6.45, 7) is 7.53. The lowest BCUT2D eigenvalue weighted by Crippen LogP contribution is -2.46. The highest BCUT2D eigenvalue weighted by molar-refractivity contribution is 7.99. The van der Waals surface area contributed by atoms with Crippen molar-refractivity contribution in [1.82, 2.24) is 15.5 Å². The molecule has 19 heavy (non-hydrogen) atoms. The topological polar surface area (TPSA) is 53.6 Å². The maximum atomic E-state index is 11.8. The number of hydrogen-bond donors (Lipinski definition) is 2. The standard InChI is InChI=1S/C13H27N3O2S/c1-12(13(17)15-4-3-9-18-2)14-5-6-16-7-10-19-11-8-16/h12,14H,3-11H2,1-2H3,(H,15,17). The molecular weight excluding hydrogens is 262 g/mol. The molecule has 1 aliphatic rings. The van der Waals surface area contributed by atoms with Crippen LogP contribution in [0.15, 0.2) is 0 Å². The molecule has 2 N–H and O–H groups in total. The molecule has 1 heterocycles. The van der Waals surface area contributed by atoms with E-state index in [0.717, 1.165) is 19.5 Å². The van der Waals surface area contributed by atoms with Gasteiger partial charge < -0.3 is 20.3 Å². The summed E-state index contributed by atoms with van der Waals surface area (Å²) < 4.78 is 4.94. The summed E-state index contributed by atoms with van der Waals surface area (Å²) in [6.07, 6.45) is 0.862. The number of thioether (sulfide) groups is 1. The Morgan fingerprint density at radius 1 is 1.37 bits per heavy atom. The van der Waals surface area contributed by atoms with Gasteiger partial charge in [0.2, 0.25) is 5.91 Å². The van der Waals surface area contributed by atoms with Gasteiger partial charge in [0.05, 0.1) is 6.04 Å². The molecule has 0 aromatic heterocycles. The molecule has 0 bridgehead atoms. The van der Waals surface area contributed by atoms with Gasteiger partial charge in [0.1, 0.15) is 0 Å². The number of carbonyl (C=O) groups is 1. The van der Waals surface area contributed by atoms with Crippen LogP contribution in [0.5, 0.6) is 0 Å². The molecule has 112 valence electrons. The minimum absolute atomic E-state index is 0.0744. The zero-order valence-electron chi connectivity index (χ0n) is 12.1. The SMILES string of the molecule is COCCCNC(=O)C(C)NCCN1CCSCC1. The fourth-order valence-electron chi connectivity index (χ4n) is 1.94. The molecule has 6 heteroatoms. The summed E-state index contributed by atoms with van der Waals surface area (Å²) in [5.41, 5.74) is 0. The van der Waals surface area contributed by atoms with Crippen LogP contribution < -0.4 is 10.6 Å². The quantitative estimate of drug-likeness (QED) is 0.593. The lowest BCUT2D eigenvalue weighted by Gasteiger charge is -2.26. The van der Waals surface area contributed by atoms with Crippen LogP contribution in [0.2, 0.25) is 0 Å². The van der Waals surface area contributed by atoms with Gasteiger partial charge in [-0.05, 0) is 13.3 Å². The van der Waals surface area contributed by atoms with Crippen LogP contribution in [0.25, 0.3) is 0 Å². The number of nitrogens with one attached hydrogen (secondary N) is 2. The number of ether oxygens (including phenoxy) is 1. The molecule has 1 atom stereocenters. The van der Waals surface area contributed by atoms with E-state index in [4.69, 9.17) is 4.74 Å². The van der Waals surface area contributed by atoms with Crippen LogP contribution in [-0.4, -0.2) is 74.8 Å². The van der Waals surface area contributed by atoms with Crippen LogP contribution in [0, 0.1) is 0 Å². The largest absolute Gasteiger partial charge is 0.385 e. The van der Waals surface area contributed by atoms with E-state index in [9.17, 15) is 4.79 Å². The Morgan fingerprint density at radius 3 is 2.79 bits per heavy atom. The number of carbonyl (C=O) groups excluding carboxylic acids is 1. The Kier molecular flexibility index (Phi) is 9.24. The van der Waals surface area contributed by atoms with Crippen molar-refractivity contribution in [2.24, 2.45) is 0 Å². The Balaban J connectivity index is 2.02. The molecule has 0 saturated carbocycles. The molecular formula is C13H27N3O2S. The van der Waals surface area contributed by atoms with Crippen molar-refractivity contribution in [3.63, 3.8) is 0 Å². The first kappa shape index (κ1) is 16.8. The number of nitrogens with zero attached hydrogens (tertiary/aromatic N) is 1. The monoisotopic (exact) mass is 289 g/mol. The maximum absolute atomic E-state index is 11.8. The fourth-order valence-corrected chi connectivity index (χ4v) is 2.92. The predicted molar refractivity (Wildman–Crippen MR) is 80.7 cm³/mol. The van der Waals surface area contributed by atoms with Gasteiger partial charge in [0, 0.05) is 57.9 Å². The van der Waals surface area contributed by atoms with E-state index in [1.54, 1.807) is 7.11 Å². The molecule has 0 radical (unpaired) electrons. The lowest BCUT2D eigenvalue weighted by molar-refractivity contribution is -0.122. The van der Waals surface area contributed by atoms with E-state index in [-0.39, 0.29) is 11.9 Å². The van der Waals surface area contributed by atoms with Gasteiger partial charge in [-0.25, -0.2) is 0 Å². The van der Waals surface area contributed by atoms with E-state index >= 15 is 0 Å². The number of rotatable bonds is 9. The maximum Gasteiger partial charge on any atom is 0.236 e. The molecule has 1 fully saturated rings. The summed E-state index contributed by atoms with van der Waals surface area (Å²) in [4.78, 5) is 14.2. The number of amides is 1. The second kappa shape index (κ2) is 10.5. The highest BCUT2D eigenvalue weighted by atomic mass is 32.2. The third kappa shape index (κ3) is 7.77. The molecule has 1 rings (SSSR count). The van der Waals surface area contributed by atoms with Crippen molar-refractivity contribution in [3.8, 4) is 0 Å². The van der Waals surface area contributed by atoms with Crippen molar-refractivity contribution in [1.29, 1.82) is 0 Å². The first-order valence-corrected chi connectivity index (χ1v) is 8.19. The first-order valence-electron chi connectivity index (χ1n) is 7.04. The van der Waals surface area contributed by atoms with Crippen molar-refractivity contribution < 1.29 is 9.53 Å². The van der Waals surface area contributed by atoms with Crippen molar-refractivity contribution in [3.05, 3.63) is 0 Å². The van der Waals surface area contributed by atoms with E-state index in [1.807, 2.05) is 18.7 Å². The normalized spacial score (nSPS) is 18.2. The first-order chi connectivity index (χ1) is 9.24. The summed E-state index contributed by atoms with van der Waals surface area (Å²) in [7, 11) is 1.67. The smallest absolute Gasteiger partial charge is 0.236 e. The highest BCUT2D eigenvalue weighted by Gasteiger charge is 2.13. The summed E-state index contributed by atoms with van der Waals surface area (Å²) in [6, 6.07) is -0.123. The molecule has 5 nitrogen and oxygen atoms in total. The zero-order valence-corrected chi connectivity index (χ0v) is 12.9. The molecule has 1 unspecified atom stereocenters. The van der Waals surface area contributed by atoms with Gasteiger partial charge in [0.25, 0.3) is 0 Å². The van der Waals surface area contributed by atoms with Crippen LogP contribution >= 0.6 is 11.8 Å². The van der Waals surface area contributed by atoms with Gasteiger partial charge in [-0.2, -0.15) is 11.8 Å². The Bertz CT molecular complexity index is 248. The van der Waals surface area contributed by atoms with Gasteiger partial charge in [-0.3, -0.25) is 4.79 Å². The second-order valence-electron chi connectivity index (χ2n) is 4.77. The van der Waals surface area contributed by atoms with Crippen molar-refractivity contribution >= 4 is 17.7 Å². The molecule has 1 amide bonds. The van der Waals surface area contributed by atoms with Crippen LogP contribution in [0.1, 0.15) is 13.3 Å². The third-order valence-corrected chi connectivity index (χ3v) is 4.14. The minimum Gasteiger partial charge on any atom is -0.385 e. The van der Waals surface area contributed by atoms with Gasteiger partial charge in [-0.15, -0.1) is 0 Å². The summed E-state index contributed by atoms with van der Waals surface area (Å²) >= 11 is 2.02. The zero-order chi connectivity index (χ0) is 13.9. The minimum atomic E-state index is -0.123. The fraction of sp³-hybridized carbons (Fsp3) is 0.923. The summed E-state index contributed by atoms with van der Waals surface area (Å²) in [5.74, 6) is 2.54. The Hall–Kier alpha value is -0.300. The average molecular weight is 289 g/mol. The molecule has 1 aliphatic heterocycles. The van der Waals surface area contributed by atoms with Gasteiger partial charge in [0.15, 0.2) is 0 Å². The summed E-state index contributed by atoms with van der Waals surface area (Å²) in [5, 5.41) is 6.19. The average Bonchev–Trinajstić information content (AvgIpc) is 2.44. The Morgan fingerprint density at radius 2 is 2.11 bits per heavy atom. The highest BCUT2D eigenvalue weighted by Crippen LogP contribution is 2.07. The van der Waals surface area contributed by atoms with E-state index in [0.29, 0.717) is 13.2 Å². The molecule has 0 aromatic carbocycles. The number of hydrogen-bond acceptors (Lipinski definition) is 5. The van der Waals surface area contributed by atoms with Crippen LogP contribution in [-0.2, 0) is 9.53 Å². The molecule has 0 spiro atoms. The second-order valence-corrected chi connectivity index (χ2v) is 5.99. The van der Waals surface area contributed by atoms with E-state index in [2.05, 4.69) is 15.5 Å².